The Hall–Kier alpha value is -1.39. The lowest BCUT2D eigenvalue weighted by Crippen LogP contribution is -2.51. The number of hydrogen-bond acceptors (Lipinski definition) is 3. The molecule has 1 aromatic rings. The van der Waals surface area contributed by atoms with Gasteiger partial charge in [-0.05, 0) is 31.7 Å². The van der Waals surface area contributed by atoms with Crippen molar-refractivity contribution in [2.24, 2.45) is 11.1 Å². The molecule has 0 saturated carbocycles. The van der Waals surface area contributed by atoms with Gasteiger partial charge < -0.3 is 15.8 Å². The zero-order valence-electron chi connectivity index (χ0n) is 12.1. The molecule has 1 aliphatic heterocycles. The Morgan fingerprint density at radius 3 is 2.60 bits per heavy atom. The smallest absolute Gasteiger partial charge is 0.227 e. The quantitative estimate of drug-likeness (QED) is 0.856. The first-order chi connectivity index (χ1) is 9.66. The Bertz CT molecular complexity index is 427. The molecule has 1 atom stereocenters. The highest BCUT2D eigenvalue weighted by atomic mass is 16.5. The molecule has 4 nitrogen and oxygen atoms in total. The van der Waals surface area contributed by atoms with Gasteiger partial charge in [0.05, 0.1) is 5.41 Å². The van der Waals surface area contributed by atoms with E-state index in [4.69, 9.17) is 10.5 Å². The molecule has 1 saturated heterocycles. The monoisotopic (exact) mass is 276 g/mol. The van der Waals surface area contributed by atoms with Gasteiger partial charge in [0.15, 0.2) is 0 Å². The first kappa shape index (κ1) is 15.0. The Kier molecular flexibility index (Phi) is 5.15. The summed E-state index contributed by atoms with van der Waals surface area (Å²) in [6.45, 7) is 3.67. The molecule has 110 valence electrons. The van der Waals surface area contributed by atoms with Crippen molar-refractivity contribution in [3.05, 3.63) is 35.9 Å². The van der Waals surface area contributed by atoms with Crippen molar-refractivity contribution >= 4 is 5.91 Å². The van der Waals surface area contributed by atoms with Crippen LogP contribution in [0.4, 0.5) is 0 Å². The van der Waals surface area contributed by atoms with Crippen molar-refractivity contribution in [3.8, 4) is 0 Å². The maximum atomic E-state index is 12.5. The number of rotatable bonds is 5. The summed E-state index contributed by atoms with van der Waals surface area (Å²) in [5.74, 6) is 0.0757. The minimum absolute atomic E-state index is 0.0757. The third-order valence-electron chi connectivity index (χ3n) is 4.08. The Labute approximate surface area is 120 Å². The third-order valence-corrected chi connectivity index (χ3v) is 4.08. The van der Waals surface area contributed by atoms with Crippen molar-refractivity contribution in [3.63, 3.8) is 0 Å². The van der Waals surface area contributed by atoms with E-state index in [1.165, 1.54) is 5.56 Å². The second-order valence-corrected chi connectivity index (χ2v) is 5.66. The average molecular weight is 276 g/mol. The standard InChI is InChI=1S/C16H24N2O2/c1-13(11-14-5-3-2-4-6-14)18-15(19)16(12-17)7-9-20-10-8-16/h2-6,13H,7-12,17H2,1H3,(H,18,19). The molecule has 1 aliphatic rings. The summed E-state index contributed by atoms with van der Waals surface area (Å²) >= 11 is 0. The van der Waals surface area contributed by atoms with Crippen LogP contribution in [0.3, 0.4) is 0 Å². The SMILES string of the molecule is CC(Cc1ccccc1)NC(=O)C1(CN)CCOCC1. The Morgan fingerprint density at radius 1 is 1.35 bits per heavy atom. The Balaban J connectivity index is 1.92. The summed E-state index contributed by atoms with van der Waals surface area (Å²) < 4.78 is 5.34. The van der Waals surface area contributed by atoms with E-state index in [-0.39, 0.29) is 11.9 Å². The van der Waals surface area contributed by atoms with Gasteiger partial charge in [-0.15, -0.1) is 0 Å². The van der Waals surface area contributed by atoms with Gasteiger partial charge in [-0.2, -0.15) is 0 Å². The van der Waals surface area contributed by atoms with E-state index < -0.39 is 5.41 Å². The van der Waals surface area contributed by atoms with Crippen LogP contribution in [-0.4, -0.2) is 31.7 Å². The second-order valence-electron chi connectivity index (χ2n) is 5.66. The summed E-state index contributed by atoms with van der Waals surface area (Å²) in [6, 6.07) is 10.3. The fourth-order valence-electron chi connectivity index (χ4n) is 2.68. The van der Waals surface area contributed by atoms with Gasteiger partial charge in [0.1, 0.15) is 0 Å². The molecule has 1 aromatic carbocycles. The third kappa shape index (κ3) is 3.58. The number of nitrogens with one attached hydrogen (secondary N) is 1. The summed E-state index contributed by atoms with van der Waals surface area (Å²) in [4.78, 5) is 12.5. The van der Waals surface area contributed by atoms with E-state index in [9.17, 15) is 4.79 Å². The number of amides is 1. The topological polar surface area (TPSA) is 64.4 Å². The molecule has 0 aliphatic carbocycles. The lowest BCUT2D eigenvalue weighted by Gasteiger charge is -2.35. The van der Waals surface area contributed by atoms with Gasteiger partial charge in [0.25, 0.3) is 0 Å². The second kappa shape index (κ2) is 6.86. The van der Waals surface area contributed by atoms with Crippen LogP contribution in [0.5, 0.6) is 0 Å². The summed E-state index contributed by atoms with van der Waals surface area (Å²) in [5, 5.41) is 3.12. The van der Waals surface area contributed by atoms with E-state index >= 15 is 0 Å². The van der Waals surface area contributed by atoms with E-state index in [2.05, 4.69) is 17.4 Å². The normalized spacial score (nSPS) is 19.3. The Morgan fingerprint density at radius 2 is 2.00 bits per heavy atom. The number of hydrogen-bond donors (Lipinski definition) is 2. The maximum absolute atomic E-state index is 12.5. The van der Waals surface area contributed by atoms with Crippen molar-refractivity contribution in [1.82, 2.24) is 5.32 Å². The lowest BCUT2D eigenvalue weighted by molar-refractivity contribution is -0.136. The van der Waals surface area contributed by atoms with Gasteiger partial charge in [0, 0.05) is 25.8 Å². The minimum Gasteiger partial charge on any atom is -0.381 e. The zero-order chi connectivity index (χ0) is 14.4. The predicted octanol–water partition coefficient (Wildman–Crippen LogP) is 1.49. The van der Waals surface area contributed by atoms with Crippen LogP contribution in [-0.2, 0) is 16.0 Å². The highest BCUT2D eigenvalue weighted by molar-refractivity contribution is 5.83. The zero-order valence-corrected chi connectivity index (χ0v) is 12.1. The van der Waals surface area contributed by atoms with E-state index in [1.54, 1.807) is 0 Å². The maximum Gasteiger partial charge on any atom is 0.227 e. The van der Waals surface area contributed by atoms with Gasteiger partial charge in [-0.25, -0.2) is 0 Å². The van der Waals surface area contributed by atoms with Gasteiger partial charge in [0.2, 0.25) is 5.91 Å². The average Bonchev–Trinajstić information content (AvgIpc) is 2.48. The predicted molar refractivity (Wildman–Crippen MR) is 79.3 cm³/mol. The minimum atomic E-state index is -0.441. The summed E-state index contributed by atoms with van der Waals surface area (Å²) in [6.07, 6.45) is 2.27. The number of carbonyl (C=O) groups is 1. The molecular formula is C16H24N2O2. The van der Waals surface area contributed by atoms with Crippen molar-refractivity contribution in [2.75, 3.05) is 19.8 Å². The number of ether oxygens (including phenoxy) is 1. The van der Waals surface area contributed by atoms with E-state index in [0.29, 0.717) is 32.6 Å². The van der Waals surface area contributed by atoms with Crippen molar-refractivity contribution < 1.29 is 9.53 Å². The molecule has 0 radical (unpaired) electrons. The molecule has 0 aromatic heterocycles. The molecule has 1 amide bonds. The van der Waals surface area contributed by atoms with Crippen LogP contribution in [0.25, 0.3) is 0 Å². The molecule has 0 bridgehead atoms. The summed E-state index contributed by atoms with van der Waals surface area (Å²) in [5.41, 5.74) is 6.64. The first-order valence-corrected chi connectivity index (χ1v) is 7.29. The van der Waals surface area contributed by atoms with Gasteiger partial charge >= 0.3 is 0 Å². The van der Waals surface area contributed by atoms with Crippen LogP contribution in [0.1, 0.15) is 25.3 Å². The van der Waals surface area contributed by atoms with Crippen LogP contribution < -0.4 is 11.1 Å². The molecule has 0 spiro atoms. The van der Waals surface area contributed by atoms with Crippen LogP contribution in [0.2, 0.25) is 0 Å². The molecule has 4 heteroatoms. The number of benzene rings is 1. The molecule has 3 N–H and O–H groups in total. The lowest BCUT2D eigenvalue weighted by atomic mass is 9.79. The highest BCUT2D eigenvalue weighted by Crippen LogP contribution is 2.29. The number of nitrogens with two attached hydrogens (primary N) is 1. The molecule has 1 heterocycles. The number of carbonyl (C=O) groups excluding carboxylic acids is 1. The fourth-order valence-corrected chi connectivity index (χ4v) is 2.68. The van der Waals surface area contributed by atoms with Crippen molar-refractivity contribution in [2.45, 2.75) is 32.2 Å². The highest BCUT2D eigenvalue weighted by Gasteiger charge is 2.39. The molecular weight excluding hydrogens is 252 g/mol. The molecule has 1 fully saturated rings. The summed E-state index contributed by atoms with van der Waals surface area (Å²) in [7, 11) is 0. The fraction of sp³-hybridized carbons (Fsp3) is 0.562. The molecule has 2 rings (SSSR count). The van der Waals surface area contributed by atoms with Crippen LogP contribution in [0, 0.1) is 5.41 Å². The largest absolute Gasteiger partial charge is 0.381 e. The van der Waals surface area contributed by atoms with Gasteiger partial charge in [-0.3, -0.25) is 4.79 Å². The van der Waals surface area contributed by atoms with Gasteiger partial charge in [-0.1, -0.05) is 30.3 Å². The van der Waals surface area contributed by atoms with Crippen LogP contribution in [0.15, 0.2) is 30.3 Å². The van der Waals surface area contributed by atoms with E-state index in [0.717, 1.165) is 6.42 Å². The van der Waals surface area contributed by atoms with Crippen molar-refractivity contribution in [1.29, 1.82) is 0 Å². The molecule has 20 heavy (non-hydrogen) atoms. The molecule has 1 unspecified atom stereocenters. The van der Waals surface area contributed by atoms with Crippen LogP contribution >= 0.6 is 0 Å². The van der Waals surface area contributed by atoms with E-state index in [1.807, 2.05) is 25.1 Å². The first-order valence-electron chi connectivity index (χ1n) is 7.29.